The molecular weight excluding hydrogens is 400 g/mol. The number of halogens is 2. The van der Waals surface area contributed by atoms with Gasteiger partial charge in [-0.3, -0.25) is 4.79 Å². The first-order valence-corrected chi connectivity index (χ1v) is 9.97. The molecule has 29 heavy (non-hydrogen) atoms. The molecule has 6 nitrogen and oxygen atoms in total. The molecule has 0 fully saturated rings. The van der Waals surface area contributed by atoms with E-state index < -0.39 is 29.2 Å². The number of carbonyl (C=O) groups excluding carboxylic acids is 2. The molecule has 0 spiro atoms. The number of ether oxygens (including phenoxy) is 1. The number of fused-ring (bicyclic) bond motifs is 1. The zero-order valence-electron chi connectivity index (χ0n) is 15.9. The number of imidazole rings is 1. The number of nitrogens with zero attached hydrogens (tertiary/aromatic N) is 2. The van der Waals surface area contributed by atoms with Gasteiger partial charge in [-0.2, -0.15) is 0 Å². The van der Waals surface area contributed by atoms with Gasteiger partial charge in [-0.25, -0.2) is 18.6 Å². The topological polar surface area (TPSA) is 73.2 Å². The standard InChI is InChI=1S/C20H19F2N3O3S/c1-3-25-16-9-8-12(19(27)28-4-2)10-15(16)23-20(25)29-11-17(26)24-18-13(21)6-5-7-14(18)22/h5-10H,3-4,11H2,1-2H3,(H,24,26). The summed E-state index contributed by atoms with van der Waals surface area (Å²) in [4.78, 5) is 28.6. The number of aryl methyl sites for hydroxylation is 1. The smallest absolute Gasteiger partial charge is 0.338 e. The van der Waals surface area contributed by atoms with E-state index in [1.54, 1.807) is 25.1 Å². The van der Waals surface area contributed by atoms with E-state index in [0.717, 1.165) is 29.4 Å². The van der Waals surface area contributed by atoms with E-state index in [4.69, 9.17) is 4.74 Å². The lowest BCUT2D eigenvalue weighted by Crippen LogP contribution is -2.16. The Morgan fingerprint density at radius 1 is 1.17 bits per heavy atom. The van der Waals surface area contributed by atoms with E-state index in [9.17, 15) is 18.4 Å². The maximum Gasteiger partial charge on any atom is 0.338 e. The number of nitrogens with one attached hydrogen (secondary N) is 1. The number of aromatic nitrogens is 2. The number of anilines is 1. The van der Waals surface area contributed by atoms with Gasteiger partial charge in [0.25, 0.3) is 0 Å². The molecule has 0 atom stereocenters. The third-order valence-electron chi connectivity index (χ3n) is 4.10. The second kappa shape index (κ2) is 9.04. The van der Waals surface area contributed by atoms with Crippen LogP contribution in [-0.4, -0.2) is 33.8 Å². The summed E-state index contributed by atoms with van der Waals surface area (Å²) >= 11 is 1.14. The number of amides is 1. The maximum absolute atomic E-state index is 13.7. The van der Waals surface area contributed by atoms with E-state index in [1.807, 2.05) is 11.5 Å². The summed E-state index contributed by atoms with van der Waals surface area (Å²) < 4.78 is 34.2. The minimum absolute atomic E-state index is 0.0815. The summed E-state index contributed by atoms with van der Waals surface area (Å²) in [5.41, 5.74) is 1.33. The van der Waals surface area contributed by atoms with Crippen molar-refractivity contribution in [3.8, 4) is 0 Å². The van der Waals surface area contributed by atoms with Crippen LogP contribution in [0, 0.1) is 11.6 Å². The van der Waals surface area contributed by atoms with Crippen molar-refractivity contribution in [2.75, 3.05) is 17.7 Å². The largest absolute Gasteiger partial charge is 0.462 e. The molecule has 0 aliphatic heterocycles. The van der Waals surface area contributed by atoms with Crippen LogP contribution < -0.4 is 5.32 Å². The maximum atomic E-state index is 13.7. The fraction of sp³-hybridized carbons (Fsp3) is 0.250. The van der Waals surface area contributed by atoms with Gasteiger partial charge in [0.15, 0.2) is 5.16 Å². The lowest BCUT2D eigenvalue weighted by atomic mass is 10.2. The molecule has 9 heteroatoms. The highest BCUT2D eigenvalue weighted by Crippen LogP contribution is 2.26. The zero-order valence-corrected chi connectivity index (χ0v) is 16.7. The van der Waals surface area contributed by atoms with Gasteiger partial charge in [0.1, 0.15) is 17.3 Å². The van der Waals surface area contributed by atoms with Crippen LogP contribution in [0.1, 0.15) is 24.2 Å². The van der Waals surface area contributed by atoms with Gasteiger partial charge in [0, 0.05) is 6.54 Å². The van der Waals surface area contributed by atoms with Crippen LogP contribution in [0.15, 0.2) is 41.6 Å². The van der Waals surface area contributed by atoms with Gasteiger partial charge in [0.05, 0.1) is 29.0 Å². The highest BCUT2D eigenvalue weighted by molar-refractivity contribution is 7.99. The van der Waals surface area contributed by atoms with E-state index >= 15 is 0 Å². The Morgan fingerprint density at radius 2 is 1.90 bits per heavy atom. The predicted octanol–water partition coefficient (Wildman–Crippen LogP) is 4.24. The molecule has 0 aliphatic rings. The number of para-hydroxylation sites is 1. The Hall–Kier alpha value is -2.94. The molecule has 1 amide bonds. The highest BCUT2D eigenvalue weighted by Gasteiger charge is 2.16. The minimum atomic E-state index is -0.837. The van der Waals surface area contributed by atoms with Crippen LogP contribution >= 0.6 is 11.8 Å². The number of carbonyl (C=O) groups is 2. The van der Waals surface area contributed by atoms with E-state index in [0.29, 0.717) is 22.8 Å². The lowest BCUT2D eigenvalue weighted by molar-refractivity contribution is -0.113. The number of thioether (sulfide) groups is 1. The second-order valence-corrected chi connectivity index (χ2v) is 6.94. The van der Waals surface area contributed by atoms with Gasteiger partial charge >= 0.3 is 5.97 Å². The molecule has 1 aromatic heterocycles. The van der Waals surface area contributed by atoms with Crippen LogP contribution in [0.5, 0.6) is 0 Å². The molecular formula is C20H19F2N3O3S. The van der Waals surface area contributed by atoms with Crippen LogP contribution in [0.4, 0.5) is 14.5 Å². The SMILES string of the molecule is CCOC(=O)c1ccc2c(c1)nc(SCC(=O)Nc1c(F)cccc1F)n2CC. The molecule has 2 aromatic carbocycles. The van der Waals surface area contributed by atoms with Crippen LogP contribution in [0.2, 0.25) is 0 Å². The van der Waals surface area contributed by atoms with Crippen molar-refractivity contribution < 1.29 is 23.1 Å². The van der Waals surface area contributed by atoms with Gasteiger partial charge < -0.3 is 14.6 Å². The summed E-state index contributed by atoms with van der Waals surface area (Å²) in [5.74, 6) is -2.74. The average molecular weight is 419 g/mol. The average Bonchev–Trinajstić information content (AvgIpc) is 3.06. The van der Waals surface area contributed by atoms with Gasteiger partial charge in [-0.05, 0) is 44.2 Å². The highest BCUT2D eigenvalue weighted by atomic mass is 32.2. The normalized spacial score (nSPS) is 10.9. The molecule has 0 aliphatic carbocycles. The van der Waals surface area contributed by atoms with Crippen molar-refractivity contribution in [2.24, 2.45) is 0 Å². The first kappa shape index (κ1) is 20.8. The molecule has 0 unspecified atom stereocenters. The molecule has 0 saturated carbocycles. The first-order valence-electron chi connectivity index (χ1n) is 8.98. The Balaban J connectivity index is 1.77. The zero-order chi connectivity index (χ0) is 21.0. The Morgan fingerprint density at radius 3 is 2.55 bits per heavy atom. The Bertz CT molecular complexity index is 1050. The summed E-state index contributed by atoms with van der Waals surface area (Å²) in [6, 6.07) is 8.45. The monoisotopic (exact) mass is 419 g/mol. The van der Waals surface area contributed by atoms with Crippen molar-refractivity contribution in [1.82, 2.24) is 9.55 Å². The number of rotatable bonds is 7. The molecule has 0 radical (unpaired) electrons. The molecule has 0 bridgehead atoms. The van der Waals surface area contributed by atoms with Crippen LogP contribution in [0.25, 0.3) is 11.0 Å². The fourth-order valence-electron chi connectivity index (χ4n) is 2.79. The van der Waals surface area contributed by atoms with Crippen molar-refractivity contribution in [1.29, 1.82) is 0 Å². The number of hydrogen-bond acceptors (Lipinski definition) is 5. The van der Waals surface area contributed by atoms with Crippen LogP contribution in [-0.2, 0) is 16.1 Å². The number of benzene rings is 2. The molecule has 3 aromatic rings. The van der Waals surface area contributed by atoms with Crippen molar-refractivity contribution in [3.05, 3.63) is 53.6 Å². The summed E-state index contributed by atoms with van der Waals surface area (Å²) in [5, 5.41) is 2.81. The van der Waals surface area contributed by atoms with E-state index in [-0.39, 0.29) is 12.4 Å². The van der Waals surface area contributed by atoms with E-state index in [2.05, 4.69) is 10.3 Å². The molecule has 3 rings (SSSR count). The lowest BCUT2D eigenvalue weighted by Gasteiger charge is -2.08. The van der Waals surface area contributed by atoms with Gasteiger partial charge in [0.2, 0.25) is 5.91 Å². The third-order valence-corrected chi connectivity index (χ3v) is 5.08. The fourth-order valence-corrected chi connectivity index (χ4v) is 3.67. The molecule has 0 saturated heterocycles. The van der Waals surface area contributed by atoms with Crippen molar-refractivity contribution in [3.63, 3.8) is 0 Å². The Labute approximate surface area is 170 Å². The summed E-state index contributed by atoms with van der Waals surface area (Å²) in [6.45, 7) is 4.54. The van der Waals surface area contributed by atoms with Crippen molar-refractivity contribution >= 4 is 40.4 Å². The molecule has 152 valence electrons. The van der Waals surface area contributed by atoms with Gasteiger partial charge in [-0.1, -0.05) is 17.8 Å². The third kappa shape index (κ3) is 4.56. The second-order valence-electron chi connectivity index (χ2n) is 6.00. The molecule has 1 N–H and O–H groups in total. The van der Waals surface area contributed by atoms with Gasteiger partial charge in [-0.15, -0.1) is 0 Å². The number of hydrogen-bond donors (Lipinski definition) is 1. The quantitative estimate of drug-likeness (QED) is 0.458. The first-order chi connectivity index (χ1) is 13.9. The molecule has 1 heterocycles. The Kier molecular flexibility index (Phi) is 6.48. The predicted molar refractivity (Wildman–Crippen MR) is 107 cm³/mol. The van der Waals surface area contributed by atoms with Crippen LogP contribution in [0.3, 0.4) is 0 Å². The summed E-state index contributed by atoms with van der Waals surface area (Å²) in [7, 11) is 0. The summed E-state index contributed by atoms with van der Waals surface area (Å²) in [6.07, 6.45) is 0. The van der Waals surface area contributed by atoms with E-state index in [1.165, 1.54) is 6.07 Å². The minimum Gasteiger partial charge on any atom is -0.462 e. The number of esters is 1. The van der Waals surface area contributed by atoms with Crippen molar-refractivity contribution in [2.45, 2.75) is 25.5 Å².